The highest BCUT2D eigenvalue weighted by Crippen LogP contribution is 2.19. The van der Waals surface area contributed by atoms with Gasteiger partial charge in [-0.1, -0.05) is 38.1 Å². The van der Waals surface area contributed by atoms with Crippen LogP contribution in [0.15, 0.2) is 35.6 Å². The number of esters is 1. The molecule has 1 aromatic carbocycles. The quantitative estimate of drug-likeness (QED) is 0.533. The molecule has 0 aliphatic rings. The van der Waals surface area contributed by atoms with Crippen molar-refractivity contribution in [1.82, 2.24) is 9.55 Å². The average Bonchev–Trinajstić information content (AvgIpc) is 2.94. The van der Waals surface area contributed by atoms with Crippen molar-refractivity contribution >= 4 is 11.8 Å². The fourth-order valence-corrected chi connectivity index (χ4v) is 2.72. The van der Waals surface area contributed by atoms with E-state index in [4.69, 9.17) is 4.74 Å². The van der Waals surface area contributed by atoms with Crippen LogP contribution in [0.1, 0.15) is 43.6 Å². The predicted octanol–water partition coefficient (Wildman–Crippen LogP) is 4.13. The molecular formula is C19H25N3O3. The van der Waals surface area contributed by atoms with Crippen molar-refractivity contribution in [2.24, 2.45) is 11.1 Å². The lowest BCUT2D eigenvalue weighted by Gasteiger charge is -2.14. The summed E-state index contributed by atoms with van der Waals surface area (Å²) in [5.41, 5.74) is 2.20. The zero-order chi connectivity index (χ0) is 18.4. The number of aryl methyl sites for hydroxylation is 1. The summed E-state index contributed by atoms with van der Waals surface area (Å²) in [4.78, 5) is 27.0. The Balaban J connectivity index is 1.89. The van der Waals surface area contributed by atoms with Gasteiger partial charge in [-0.05, 0) is 42.5 Å². The summed E-state index contributed by atoms with van der Waals surface area (Å²) >= 11 is 0. The molecule has 0 N–H and O–H groups in total. The van der Waals surface area contributed by atoms with Crippen LogP contribution in [0.25, 0.3) is 0 Å². The molecule has 0 bridgehead atoms. The number of rotatable bonds is 8. The van der Waals surface area contributed by atoms with Crippen LogP contribution in [0.2, 0.25) is 0 Å². The molecule has 0 amide bonds. The van der Waals surface area contributed by atoms with Crippen LogP contribution in [-0.2, 0) is 22.5 Å². The Morgan fingerprint density at radius 2 is 1.92 bits per heavy atom. The van der Waals surface area contributed by atoms with Gasteiger partial charge in [0, 0.05) is 0 Å². The summed E-state index contributed by atoms with van der Waals surface area (Å²) in [6.45, 7) is 8.51. The molecule has 0 saturated carbocycles. The van der Waals surface area contributed by atoms with E-state index in [-0.39, 0.29) is 24.3 Å². The molecule has 0 aliphatic carbocycles. The maximum Gasteiger partial charge on any atom is 0.313 e. The van der Waals surface area contributed by atoms with Crippen LogP contribution in [0.4, 0.5) is 5.82 Å². The van der Waals surface area contributed by atoms with Gasteiger partial charge in [-0.2, -0.15) is 0 Å². The van der Waals surface area contributed by atoms with Crippen molar-refractivity contribution in [3.8, 4) is 0 Å². The number of carbonyl (C=O) groups is 1. The number of nitrogens with zero attached hydrogens (tertiary/aromatic N) is 3. The van der Waals surface area contributed by atoms with Gasteiger partial charge in [-0.15, -0.1) is 4.91 Å². The van der Waals surface area contributed by atoms with Gasteiger partial charge in [0.05, 0.1) is 18.7 Å². The van der Waals surface area contributed by atoms with Crippen LogP contribution < -0.4 is 0 Å². The molecule has 0 unspecified atom stereocenters. The van der Waals surface area contributed by atoms with E-state index in [1.807, 2.05) is 19.1 Å². The highest BCUT2D eigenvalue weighted by molar-refractivity contribution is 5.77. The molecule has 2 aromatic rings. The van der Waals surface area contributed by atoms with E-state index in [2.05, 4.69) is 36.1 Å². The molecule has 25 heavy (non-hydrogen) atoms. The third-order valence-electron chi connectivity index (χ3n) is 4.16. The first-order chi connectivity index (χ1) is 11.9. The summed E-state index contributed by atoms with van der Waals surface area (Å²) in [7, 11) is 0. The Morgan fingerprint density at radius 1 is 1.24 bits per heavy atom. The molecule has 1 aromatic heterocycles. The van der Waals surface area contributed by atoms with E-state index in [0.29, 0.717) is 18.3 Å². The van der Waals surface area contributed by atoms with Crippen LogP contribution in [0.3, 0.4) is 0 Å². The number of nitroso groups, excluding NO2 is 1. The molecular weight excluding hydrogens is 318 g/mol. The monoisotopic (exact) mass is 343 g/mol. The fraction of sp³-hybridized carbons (Fsp3) is 0.474. The van der Waals surface area contributed by atoms with Crippen molar-refractivity contribution in [1.29, 1.82) is 0 Å². The lowest BCUT2D eigenvalue weighted by Crippen LogP contribution is -2.17. The number of carbonyl (C=O) groups excluding carboxylic acids is 1. The highest BCUT2D eigenvalue weighted by Gasteiger charge is 2.17. The Bertz CT molecular complexity index is 720. The lowest BCUT2D eigenvalue weighted by molar-refractivity contribution is -0.145. The van der Waals surface area contributed by atoms with Crippen molar-refractivity contribution in [2.75, 3.05) is 6.61 Å². The van der Waals surface area contributed by atoms with E-state index in [1.165, 1.54) is 11.8 Å². The molecule has 6 heteroatoms. The third kappa shape index (κ3) is 4.98. The van der Waals surface area contributed by atoms with Crippen LogP contribution in [0.5, 0.6) is 0 Å². The van der Waals surface area contributed by atoms with Gasteiger partial charge in [-0.25, -0.2) is 4.98 Å². The third-order valence-corrected chi connectivity index (χ3v) is 4.16. The number of benzene rings is 1. The number of hydrogen-bond acceptors (Lipinski definition) is 5. The first kappa shape index (κ1) is 18.8. The summed E-state index contributed by atoms with van der Waals surface area (Å²) in [5.74, 6) is 0.892. The smallest absolute Gasteiger partial charge is 0.313 e. The van der Waals surface area contributed by atoms with Gasteiger partial charge in [0.15, 0.2) is 5.82 Å². The second-order valence-electron chi connectivity index (χ2n) is 6.64. The minimum absolute atomic E-state index is 0.175. The van der Waals surface area contributed by atoms with Crippen molar-refractivity contribution in [3.63, 3.8) is 0 Å². The normalized spacial score (nSPS) is 12.2. The summed E-state index contributed by atoms with van der Waals surface area (Å²) in [5, 5.41) is 2.91. The van der Waals surface area contributed by atoms with Crippen LogP contribution in [0, 0.1) is 17.7 Å². The van der Waals surface area contributed by atoms with Gasteiger partial charge in [0.25, 0.3) is 0 Å². The molecule has 6 nitrogen and oxygen atoms in total. The number of ether oxygens (including phenoxy) is 1. The number of hydrogen-bond donors (Lipinski definition) is 0. The SMILES string of the molecule is Cc1ncc(N=O)n1CCOC(=O)[C@@H](C)c1ccc(CC(C)C)cc1. The van der Waals surface area contributed by atoms with E-state index >= 15 is 0 Å². The summed E-state index contributed by atoms with van der Waals surface area (Å²) in [6.07, 6.45) is 2.43. The maximum atomic E-state index is 12.2. The predicted molar refractivity (Wildman–Crippen MR) is 96.8 cm³/mol. The van der Waals surface area contributed by atoms with Gasteiger partial charge in [0.1, 0.15) is 12.4 Å². The Hall–Kier alpha value is -2.50. The highest BCUT2D eigenvalue weighted by atomic mass is 16.5. The van der Waals surface area contributed by atoms with E-state index in [9.17, 15) is 9.70 Å². The molecule has 2 rings (SSSR count). The second kappa shape index (κ2) is 8.55. The molecule has 134 valence electrons. The molecule has 1 heterocycles. The van der Waals surface area contributed by atoms with Crippen molar-refractivity contribution in [3.05, 3.63) is 52.3 Å². The van der Waals surface area contributed by atoms with Crippen LogP contribution >= 0.6 is 0 Å². The number of imidazole rings is 1. The van der Waals surface area contributed by atoms with Gasteiger partial charge >= 0.3 is 5.97 Å². The standard InChI is InChI=1S/C19H25N3O3/c1-13(2)11-16-5-7-17(8-6-16)14(3)19(23)25-10-9-22-15(4)20-12-18(22)21-24/h5-8,12-14H,9-11H2,1-4H3/t14-/m0/s1. The molecule has 0 spiro atoms. The minimum Gasteiger partial charge on any atom is -0.463 e. The zero-order valence-corrected chi connectivity index (χ0v) is 15.2. The molecule has 0 radical (unpaired) electrons. The largest absolute Gasteiger partial charge is 0.463 e. The van der Waals surface area contributed by atoms with Gasteiger partial charge < -0.3 is 9.30 Å². The van der Waals surface area contributed by atoms with E-state index in [1.54, 1.807) is 11.5 Å². The molecule has 0 aliphatic heterocycles. The molecule has 0 saturated heterocycles. The van der Waals surface area contributed by atoms with Crippen LogP contribution in [-0.4, -0.2) is 22.1 Å². The molecule has 1 atom stereocenters. The van der Waals surface area contributed by atoms with E-state index in [0.717, 1.165) is 12.0 Å². The maximum absolute atomic E-state index is 12.2. The Kier molecular flexibility index (Phi) is 6.44. The minimum atomic E-state index is -0.333. The number of aromatic nitrogens is 2. The van der Waals surface area contributed by atoms with Crippen molar-refractivity contribution in [2.45, 2.75) is 46.6 Å². The Morgan fingerprint density at radius 3 is 2.52 bits per heavy atom. The van der Waals surface area contributed by atoms with Gasteiger partial charge in [-0.3, -0.25) is 4.79 Å². The fourth-order valence-electron chi connectivity index (χ4n) is 2.72. The second-order valence-corrected chi connectivity index (χ2v) is 6.64. The van der Waals surface area contributed by atoms with Gasteiger partial charge in [0.2, 0.25) is 0 Å². The summed E-state index contributed by atoms with van der Waals surface area (Å²) < 4.78 is 6.98. The summed E-state index contributed by atoms with van der Waals surface area (Å²) in [6, 6.07) is 8.10. The van der Waals surface area contributed by atoms with E-state index < -0.39 is 0 Å². The first-order valence-corrected chi connectivity index (χ1v) is 8.53. The van der Waals surface area contributed by atoms with Crippen molar-refractivity contribution < 1.29 is 9.53 Å². The Labute approximate surface area is 148 Å². The average molecular weight is 343 g/mol. The topological polar surface area (TPSA) is 73.6 Å². The molecule has 0 fully saturated rings. The first-order valence-electron chi connectivity index (χ1n) is 8.53. The lowest BCUT2D eigenvalue weighted by atomic mass is 9.97. The zero-order valence-electron chi connectivity index (χ0n) is 15.2.